The molecule has 4 aromatic carbocycles. The molecule has 1 aliphatic rings. The summed E-state index contributed by atoms with van der Waals surface area (Å²) in [6.45, 7) is 5.69. The molecule has 2 atom stereocenters. The normalized spacial score (nSPS) is 15.5. The predicted octanol–water partition coefficient (Wildman–Crippen LogP) is 8.58. The molecule has 0 spiro atoms. The second kappa shape index (κ2) is 14.6. The van der Waals surface area contributed by atoms with Crippen molar-refractivity contribution in [2.24, 2.45) is 0 Å². The number of rotatable bonds is 9. The molecular weight excluding hydrogens is 633 g/mol. The molecule has 1 saturated heterocycles. The largest absolute Gasteiger partial charge is 0.480 e. The number of aliphatic carboxylic acids is 1. The van der Waals surface area contributed by atoms with E-state index in [2.05, 4.69) is 0 Å². The van der Waals surface area contributed by atoms with Gasteiger partial charge in [-0.15, -0.1) is 0 Å². The summed E-state index contributed by atoms with van der Waals surface area (Å²) in [5.41, 5.74) is 2.55. The van der Waals surface area contributed by atoms with Crippen LogP contribution in [0.25, 0.3) is 22.3 Å². The van der Waals surface area contributed by atoms with E-state index < -0.39 is 47.4 Å². The molecule has 256 valence electrons. The molecule has 2 amide bonds. The highest BCUT2D eigenvalue weighted by molar-refractivity contribution is 5.97. The lowest BCUT2D eigenvalue weighted by molar-refractivity contribution is -0.142. The maximum absolute atomic E-state index is 14.2. The van der Waals surface area contributed by atoms with Crippen molar-refractivity contribution >= 4 is 18.0 Å². The van der Waals surface area contributed by atoms with E-state index >= 15 is 0 Å². The third-order valence-corrected chi connectivity index (χ3v) is 8.50. The van der Waals surface area contributed by atoms with Gasteiger partial charge < -0.3 is 19.6 Å². The first-order valence-corrected chi connectivity index (χ1v) is 16.1. The Morgan fingerprint density at radius 2 is 1.35 bits per heavy atom. The lowest BCUT2D eigenvalue weighted by Gasteiger charge is -2.35. The number of nitrogens with zero attached hydrogens (tertiary/aromatic N) is 2. The number of alkyl halides is 3. The smallest absolute Gasteiger partial charge is 0.416 e. The van der Waals surface area contributed by atoms with Crippen molar-refractivity contribution in [2.45, 2.75) is 63.9 Å². The van der Waals surface area contributed by atoms with Crippen LogP contribution >= 0.6 is 0 Å². The summed E-state index contributed by atoms with van der Waals surface area (Å²) in [6, 6.07) is 26.6. The van der Waals surface area contributed by atoms with E-state index in [1.807, 2.05) is 54.6 Å². The molecule has 1 fully saturated rings. The van der Waals surface area contributed by atoms with Gasteiger partial charge in [0, 0.05) is 25.1 Å². The van der Waals surface area contributed by atoms with Crippen LogP contribution in [0.1, 0.15) is 55.1 Å². The Bertz CT molecular complexity index is 1750. The summed E-state index contributed by atoms with van der Waals surface area (Å²) in [5, 5.41) is 10.5. The first-order valence-electron chi connectivity index (χ1n) is 16.1. The number of carbonyl (C=O) groups excluding carboxylic acids is 2. The van der Waals surface area contributed by atoms with E-state index in [1.54, 1.807) is 37.8 Å². The van der Waals surface area contributed by atoms with Crippen LogP contribution in [0.5, 0.6) is 0 Å². The minimum Gasteiger partial charge on any atom is -0.480 e. The number of likely N-dealkylation sites (tertiary alicyclic amines) is 1. The fourth-order valence-corrected chi connectivity index (χ4v) is 6.01. The molecule has 1 aliphatic heterocycles. The number of ether oxygens (including phenoxy) is 1. The molecule has 10 heteroatoms. The second-order valence-corrected chi connectivity index (χ2v) is 13.2. The van der Waals surface area contributed by atoms with Crippen molar-refractivity contribution in [3.63, 3.8) is 0 Å². The van der Waals surface area contributed by atoms with Gasteiger partial charge in [-0.1, -0.05) is 78.9 Å². The summed E-state index contributed by atoms with van der Waals surface area (Å²) in [6.07, 6.45) is -3.72. The van der Waals surface area contributed by atoms with E-state index in [4.69, 9.17) is 4.74 Å². The number of carbonyl (C=O) groups is 3. The minimum absolute atomic E-state index is 0.0267. The van der Waals surface area contributed by atoms with Gasteiger partial charge in [0.15, 0.2) is 0 Å². The molecule has 1 heterocycles. The number of hydrogen-bond donors (Lipinski definition) is 1. The average Bonchev–Trinajstić information content (AvgIpc) is 3.54. The lowest BCUT2D eigenvalue weighted by Crippen LogP contribution is -2.53. The summed E-state index contributed by atoms with van der Waals surface area (Å²) >= 11 is 0. The monoisotopic (exact) mass is 672 g/mol. The number of carboxylic acid groups (broad SMARTS) is 1. The molecule has 0 radical (unpaired) electrons. The van der Waals surface area contributed by atoms with Gasteiger partial charge in [0.2, 0.25) is 0 Å². The summed E-state index contributed by atoms with van der Waals surface area (Å²) in [4.78, 5) is 43.1. The fourth-order valence-electron chi connectivity index (χ4n) is 6.01. The van der Waals surface area contributed by atoms with Crippen molar-refractivity contribution in [1.29, 1.82) is 0 Å². The Morgan fingerprint density at radius 3 is 1.88 bits per heavy atom. The highest BCUT2D eigenvalue weighted by Crippen LogP contribution is 2.31. The van der Waals surface area contributed by atoms with Crippen LogP contribution in [0.4, 0.5) is 18.0 Å². The molecule has 0 saturated carbocycles. The molecule has 7 nitrogen and oxygen atoms in total. The van der Waals surface area contributed by atoms with Crippen molar-refractivity contribution in [3.8, 4) is 22.3 Å². The van der Waals surface area contributed by atoms with Crippen LogP contribution in [0.2, 0.25) is 0 Å². The molecule has 0 bridgehead atoms. The number of hydrogen-bond acceptors (Lipinski definition) is 4. The number of benzene rings is 4. The Kier molecular flexibility index (Phi) is 10.5. The summed E-state index contributed by atoms with van der Waals surface area (Å²) in [5.74, 6) is -1.73. The van der Waals surface area contributed by atoms with Gasteiger partial charge in [-0.2, -0.15) is 13.2 Å². The van der Waals surface area contributed by atoms with Crippen molar-refractivity contribution < 1.29 is 37.4 Å². The van der Waals surface area contributed by atoms with Gasteiger partial charge in [0.25, 0.3) is 5.91 Å². The van der Waals surface area contributed by atoms with Gasteiger partial charge >= 0.3 is 18.2 Å². The molecule has 49 heavy (non-hydrogen) atoms. The van der Waals surface area contributed by atoms with Crippen LogP contribution in [-0.2, 0) is 22.1 Å². The Labute approximate surface area is 283 Å². The van der Waals surface area contributed by atoms with Gasteiger partial charge in [0.05, 0.1) is 11.6 Å². The van der Waals surface area contributed by atoms with E-state index in [-0.39, 0.29) is 18.5 Å². The van der Waals surface area contributed by atoms with E-state index in [9.17, 15) is 32.7 Å². The predicted molar refractivity (Wildman–Crippen MR) is 181 cm³/mol. The maximum atomic E-state index is 14.2. The lowest BCUT2D eigenvalue weighted by atomic mass is 9.98. The Morgan fingerprint density at radius 1 is 0.816 bits per heavy atom. The van der Waals surface area contributed by atoms with Crippen LogP contribution in [-0.4, -0.2) is 63.7 Å². The highest BCUT2D eigenvalue weighted by atomic mass is 19.4. The zero-order chi connectivity index (χ0) is 35.3. The van der Waals surface area contributed by atoms with Gasteiger partial charge in [-0.25, -0.2) is 9.59 Å². The molecule has 4 aromatic rings. The standard InChI is InChI=1S/C39H39F3N2O5/c1-38(2,3)49-37(48)43-23-7-10-33(43)25-44(34(36(46)47)24-26-11-13-28(14-12-26)27-8-5-4-6-9-27)35(45)31-17-15-29(16-18-31)30-19-21-32(22-20-30)39(40,41)42/h4-6,8-9,11-22,33-34H,7,10,23-25H2,1-3H3,(H,46,47)/t33-,34?/m1/s1. The first-order chi connectivity index (χ1) is 23.2. The third-order valence-electron chi connectivity index (χ3n) is 8.50. The van der Waals surface area contributed by atoms with Gasteiger partial charge in [-0.3, -0.25) is 4.79 Å². The molecular formula is C39H39F3N2O5. The second-order valence-electron chi connectivity index (χ2n) is 13.2. The Balaban J connectivity index is 1.43. The van der Waals surface area contributed by atoms with Crippen LogP contribution in [0.15, 0.2) is 103 Å². The number of amides is 2. The Hall–Kier alpha value is -5.12. The van der Waals surface area contributed by atoms with Crippen LogP contribution < -0.4 is 0 Å². The van der Waals surface area contributed by atoms with E-state index in [0.29, 0.717) is 30.5 Å². The van der Waals surface area contributed by atoms with E-state index in [0.717, 1.165) is 28.8 Å². The van der Waals surface area contributed by atoms with Crippen molar-refractivity contribution in [1.82, 2.24) is 9.80 Å². The van der Waals surface area contributed by atoms with Crippen LogP contribution in [0.3, 0.4) is 0 Å². The minimum atomic E-state index is -4.46. The third kappa shape index (κ3) is 8.87. The molecule has 5 rings (SSSR count). The first kappa shape index (κ1) is 35.2. The highest BCUT2D eigenvalue weighted by Gasteiger charge is 2.38. The quantitative estimate of drug-likeness (QED) is 0.193. The number of halogens is 3. The average molecular weight is 673 g/mol. The summed E-state index contributed by atoms with van der Waals surface area (Å²) in [7, 11) is 0. The van der Waals surface area contributed by atoms with E-state index in [1.165, 1.54) is 29.2 Å². The van der Waals surface area contributed by atoms with Crippen molar-refractivity contribution in [3.05, 3.63) is 120 Å². The molecule has 0 aliphatic carbocycles. The van der Waals surface area contributed by atoms with Gasteiger partial charge in [0.1, 0.15) is 11.6 Å². The maximum Gasteiger partial charge on any atom is 0.416 e. The molecule has 1 unspecified atom stereocenters. The SMILES string of the molecule is CC(C)(C)OC(=O)N1CCC[C@@H]1CN(C(=O)c1ccc(-c2ccc(C(F)(F)F)cc2)cc1)C(Cc1ccc(-c2ccccc2)cc1)C(=O)O. The van der Waals surface area contributed by atoms with Crippen molar-refractivity contribution in [2.75, 3.05) is 13.1 Å². The fraction of sp³-hybridized carbons (Fsp3) is 0.308. The van der Waals surface area contributed by atoms with Gasteiger partial charge in [-0.05, 0) is 85.7 Å². The zero-order valence-corrected chi connectivity index (χ0v) is 27.6. The molecule has 0 aromatic heterocycles. The number of carboxylic acids is 1. The topological polar surface area (TPSA) is 87.2 Å². The zero-order valence-electron chi connectivity index (χ0n) is 27.6. The molecule has 1 N–H and O–H groups in total. The summed E-state index contributed by atoms with van der Waals surface area (Å²) < 4.78 is 44.8. The van der Waals surface area contributed by atoms with Crippen LogP contribution in [0, 0.1) is 0 Å².